The van der Waals surface area contributed by atoms with Crippen LogP contribution in [0.1, 0.15) is 49.1 Å². The third kappa shape index (κ3) is 5.05. The van der Waals surface area contributed by atoms with Crippen LogP contribution in [-0.2, 0) is 22.4 Å². The Kier molecular flexibility index (Phi) is 7.61. The molecule has 0 saturated heterocycles. The molecule has 0 spiro atoms. The Labute approximate surface area is 159 Å². The maximum Gasteiger partial charge on any atom is 0.236 e. The van der Waals surface area contributed by atoms with Gasteiger partial charge in [0, 0.05) is 30.9 Å². The zero-order valence-corrected chi connectivity index (χ0v) is 16.7. The lowest BCUT2D eigenvalue weighted by atomic mass is 9.96. The number of carbonyl (C=O) groups excluding carboxylic acids is 2. The lowest BCUT2D eigenvalue weighted by Gasteiger charge is -2.22. The fraction of sp³-hybridized carbons (Fsp3) is 0.632. The highest BCUT2D eigenvalue weighted by Gasteiger charge is 2.22. The Balaban J connectivity index is 1.87. The summed E-state index contributed by atoms with van der Waals surface area (Å²) < 4.78 is 0. The first-order valence-electron chi connectivity index (χ1n) is 9.30. The number of rotatable bonds is 8. The molecule has 6 nitrogen and oxygen atoms in total. The molecule has 2 amide bonds. The van der Waals surface area contributed by atoms with Crippen molar-refractivity contribution in [3.8, 4) is 6.07 Å². The van der Waals surface area contributed by atoms with Gasteiger partial charge in [-0.15, -0.1) is 11.3 Å². The van der Waals surface area contributed by atoms with Crippen LogP contribution >= 0.6 is 11.3 Å². The Bertz CT molecular complexity index is 688. The molecule has 1 aromatic rings. The summed E-state index contributed by atoms with van der Waals surface area (Å²) in [7, 11) is 1.85. The molecule has 26 heavy (non-hydrogen) atoms. The molecule has 2 rings (SSSR count). The van der Waals surface area contributed by atoms with Crippen molar-refractivity contribution in [2.75, 3.05) is 38.5 Å². The van der Waals surface area contributed by atoms with Crippen molar-refractivity contribution < 1.29 is 9.59 Å². The SMILES string of the molecule is CCN(CC)C(=O)CN(C)CCC(=O)Nc1sc2c(c1C#N)CCCC2. The molecule has 0 bridgehead atoms. The van der Waals surface area contributed by atoms with Gasteiger partial charge in [-0.25, -0.2) is 0 Å². The monoisotopic (exact) mass is 376 g/mol. The molecule has 1 aliphatic rings. The summed E-state index contributed by atoms with van der Waals surface area (Å²) in [6.07, 6.45) is 4.49. The second kappa shape index (κ2) is 9.70. The first-order valence-corrected chi connectivity index (χ1v) is 10.1. The molecule has 0 radical (unpaired) electrons. The van der Waals surface area contributed by atoms with Gasteiger partial charge in [0.1, 0.15) is 11.1 Å². The number of anilines is 1. The van der Waals surface area contributed by atoms with Crippen molar-refractivity contribution in [2.24, 2.45) is 0 Å². The average Bonchev–Trinajstić information content (AvgIpc) is 2.97. The Morgan fingerprint density at radius 3 is 2.58 bits per heavy atom. The summed E-state index contributed by atoms with van der Waals surface area (Å²) in [5.41, 5.74) is 1.77. The molecule has 7 heteroatoms. The normalized spacial score (nSPS) is 13.2. The van der Waals surface area contributed by atoms with E-state index in [2.05, 4.69) is 11.4 Å². The first-order chi connectivity index (χ1) is 12.5. The lowest BCUT2D eigenvalue weighted by molar-refractivity contribution is -0.132. The molecule has 0 aromatic carbocycles. The quantitative estimate of drug-likeness (QED) is 0.757. The minimum atomic E-state index is -0.109. The van der Waals surface area contributed by atoms with Crippen LogP contribution < -0.4 is 5.32 Å². The zero-order valence-electron chi connectivity index (χ0n) is 15.9. The van der Waals surface area contributed by atoms with Gasteiger partial charge >= 0.3 is 0 Å². The second-order valence-corrected chi connectivity index (χ2v) is 7.73. The number of hydrogen-bond donors (Lipinski definition) is 1. The Hall–Kier alpha value is -1.91. The lowest BCUT2D eigenvalue weighted by Crippen LogP contribution is -2.39. The molecule has 1 N–H and O–H groups in total. The van der Waals surface area contributed by atoms with E-state index in [9.17, 15) is 14.9 Å². The van der Waals surface area contributed by atoms with Gasteiger partial charge in [-0.2, -0.15) is 5.26 Å². The van der Waals surface area contributed by atoms with E-state index >= 15 is 0 Å². The van der Waals surface area contributed by atoms with Crippen LogP contribution in [0, 0.1) is 11.3 Å². The van der Waals surface area contributed by atoms with Crippen LogP contribution in [0.15, 0.2) is 0 Å². The Morgan fingerprint density at radius 2 is 1.92 bits per heavy atom. The van der Waals surface area contributed by atoms with Gasteiger partial charge in [0.15, 0.2) is 0 Å². The van der Waals surface area contributed by atoms with Crippen molar-refractivity contribution >= 4 is 28.2 Å². The number of nitrogens with one attached hydrogen (secondary N) is 1. The predicted molar refractivity (Wildman–Crippen MR) is 104 cm³/mol. The molecule has 0 unspecified atom stereocenters. The van der Waals surface area contributed by atoms with Gasteiger partial charge in [-0.3, -0.25) is 14.5 Å². The fourth-order valence-electron chi connectivity index (χ4n) is 3.24. The van der Waals surface area contributed by atoms with Crippen LogP contribution in [0.3, 0.4) is 0 Å². The molecule has 0 aliphatic heterocycles. The van der Waals surface area contributed by atoms with Gasteiger partial charge in [-0.05, 0) is 52.1 Å². The van der Waals surface area contributed by atoms with E-state index in [4.69, 9.17) is 0 Å². The molecule has 142 valence electrons. The van der Waals surface area contributed by atoms with Crippen molar-refractivity contribution in [1.82, 2.24) is 9.80 Å². The van der Waals surface area contributed by atoms with Crippen molar-refractivity contribution in [2.45, 2.75) is 46.0 Å². The van der Waals surface area contributed by atoms with Crippen LogP contribution in [-0.4, -0.2) is 54.8 Å². The highest BCUT2D eigenvalue weighted by Crippen LogP contribution is 2.37. The third-order valence-corrected chi connectivity index (χ3v) is 5.99. The van der Waals surface area contributed by atoms with Crippen molar-refractivity contribution in [3.63, 3.8) is 0 Å². The minimum absolute atomic E-state index is 0.0793. The van der Waals surface area contributed by atoms with Crippen LogP contribution in [0.5, 0.6) is 0 Å². The number of fused-ring (bicyclic) bond motifs is 1. The number of aryl methyl sites for hydroxylation is 1. The molecular formula is C19H28N4O2S. The van der Waals surface area contributed by atoms with Crippen LogP contribution in [0.25, 0.3) is 0 Å². The average molecular weight is 377 g/mol. The van der Waals surface area contributed by atoms with E-state index in [1.54, 1.807) is 16.2 Å². The second-order valence-electron chi connectivity index (χ2n) is 6.63. The molecule has 0 atom stereocenters. The summed E-state index contributed by atoms with van der Waals surface area (Å²) in [5, 5.41) is 13.0. The number of amides is 2. The highest BCUT2D eigenvalue weighted by atomic mass is 32.1. The summed E-state index contributed by atoms with van der Waals surface area (Å²) in [4.78, 5) is 29.3. The van der Waals surface area contributed by atoms with Crippen LogP contribution in [0.4, 0.5) is 5.00 Å². The van der Waals surface area contributed by atoms with Crippen molar-refractivity contribution in [3.05, 3.63) is 16.0 Å². The van der Waals surface area contributed by atoms with E-state index in [1.807, 2.05) is 25.8 Å². The maximum atomic E-state index is 12.3. The highest BCUT2D eigenvalue weighted by molar-refractivity contribution is 7.16. The van der Waals surface area contributed by atoms with Gasteiger partial charge in [0.05, 0.1) is 12.1 Å². The Morgan fingerprint density at radius 1 is 1.23 bits per heavy atom. The van der Waals surface area contributed by atoms with E-state index in [0.29, 0.717) is 43.2 Å². The van der Waals surface area contributed by atoms with E-state index in [1.165, 1.54) is 4.88 Å². The standard InChI is InChI=1S/C19H28N4O2S/c1-4-23(5-2)18(25)13-22(3)11-10-17(24)21-19-15(12-20)14-8-6-7-9-16(14)26-19/h4-11,13H2,1-3H3,(H,21,24). The number of carbonyl (C=O) groups is 2. The summed E-state index contributed by atoms with van der Waals surface area (Å²) in [6.45, 7) is 6.13. The van der Waals surface area contributed by atoms with E-state index in [-0.39, 0.29) is 11.8 Å². The summed E-state index contributed by atoms with van der Waals surface area (Å²) in [5.74, 6) is -0.0298. The van der Waals surface area contributed by atoms with Gasteiger partial charge in [0.25, 0.3) is 0 Å². The van der Waals surface area contributed by atoms with Crippen LogP contribution in [0.2, 0.25) is 0 Å². The minimum Gasteiger partial charge on any atom is -0.342 e. The zero-order chi connectivity index (χ0) is 19.1. The van der Waals surface area contributed by atoms with E-state index < -0.39 is 0 Å². The molecule has 1 aliphatic carbocycles. The molecular weight excluding hydrogens is 348 g/mol. The largest absolute Gasteiger partial charge is 0.342 e. The maximum absolute atomic E-state index is 12.3. The van der Waals surface area contributed by atoms with Gasteiger partial charge in [0.2, 0.25) is 11.8 Å². The third-order valence-electron chi connectivity index (χ3n) is 4.78. The number of hydrogen-bond acceptors (Lipinski definition) is 5. The van der Waals surface area contributed by atoms with Crippen molar-refractivity contribution in [1.29, 1.82) is 5.26 Å². The smallest absolute Gasteiger partial charge is 0.236 e. The summed E-state index contributed by atoms with van der Waals surface area (Å²) in [6, 6.07) is 2.26. The predicted octanol–water partition coefficient (Wildman–Crippen LogP) is 2.63. The molecule has 1 aromatic heterocycles. The molecule has 0 fully saturated rings. The van der Waals surface area contributed by atoms with Gasteiger partial charge < -0.3 is 10.2 Å². The topological polar surface area (TPSA) is 76.4 Å². The number of nitriles is 1. The van der Waals surface area contributed by atoms with Gasteiger partial charge in [-0.1, -0.05) is 0 Å². The molecule has 1 heterocycles. The van der Waals surface area contributed by atoms with E-state index in [0.717, 1.165) is 31.2 Å². The number of thiophene rings is 1. The first kappa shape index (κ1) is 20.4. The fourth-order valence-corrected chi connectivity index (χ4v) is 4.50. The number of nitrogens with zero attached hydrogens (tertiary/aromatic N) is 3. The number of likely N-dealkylation sites (N-methyl/N-ethyl adjacent to an activating group) is 2. The summed E-state index contributed by atoms with van der Waals surface area (Å²) >= 11 is 1.54. The molecule has 0 saturated carbocycles.